The van der Waals surface area contributed by atoms with Gasteiger partial charge in [0.1, 0.15) is 31.3 Å². The molecule has 0 radical (unpaired) electrons. The average molecular weight is 978 g/mol. The number of rotatable bonds is 19. The fraction of sp³-hybridized carbons (Fsp3) is 0.409. The summed E-state index contributed by atoms with van der Waals surface area (Å²) in [5.74, 6) is -18.4. The zero-order valence-corrected chi connectivity index (χ0v) is 37.5. The number of benzene rings is 3. The number of esters is 4. The lowest BCUT2D eigenvalue weighted by molar-refractivity contribution is -0.238. The van der Waals surface area contributed by atoms with Gasteiger partial charge in [-0.25, -0.2) is 22.8 Å². The van der Waals surface area contributed by atoms with E-state index in [9.17, 15) is 50.7 Å². The van der Waals surface area contributed by atoms with Crippen molar-refractivity contribution in [3.05, 3.63) is 101 Å². The van der Waals surface area contributed by atoms with Gasteiger partial charge in [0, 0.05) is 52.6 Å². The average Bonchev–Trinajstić information content (AvgIpc) is 3.90. The number of carbonyl (C=O) groups excluding carboxylic acids is 6. The van der Waals surface area contributed by atoms with Crippen LogP contribution in [0.4, 0.5) is 26.7 Å². The molecule has 0 spiro atoms. The molecule has 1 aliphatic heterocycles. The van der Waals surface area contributed by atoms with Gasteiger partial charge in [0.2, 0.25) is 40.7 Å². The first-order chi connectivity index (χ1) is 32.5. The van der Waals surface area contributed by atoms with Crippen LogP contribution in [0, 0.1) is 29.1 Å². The highest BCUT2D eigenvalue weighted by Gasteiger charge is 2.52. The Labute approximate surface area is 388 Å². The van der Waals surface area contributed by atoms with Gasteiger partial charge in [-0.15, -0.1) is 16.9 Å². The van der Waals surface area contributed by atoms with E-state index in [0.717, 1.165) is 52.8 Å². The predicted octanol–water partition coefficient (Wildman–Crippen LogP) is 4.58. The maximum absolute atomic E-state index is 14.4. The second-order valence-electron chi connectivity index (χ2n) is 15.1. The van der Waals surface area contributed by atoms with Crippen LogP contribution in [0.1, 0.15) is 56.9 Å². The number of thioether (sulfide) groups is 1. The fourth-order valence-corrected chi connectivity index (χ4v) is 8.45. The van der Waals surface area contributed by atoms with Crippen LogP contribution >= 0.6 is 11.8 Å². The molecule has 1 aliphatic carbocycles. The third-order valence-corrected chi connectivity index (χ3v) is 11.4. The van der Waals surface area contributed by atoms with E-state index in [4.69, 9.17) is 28.5 Å². The van der Waals surface area contributed by atoms with Crippen LogP contribution in [0.2, 0.25) is 0 Å². The van der Waals surface area contributed by atoms with Crippen LogP contribution < -0.4 is 14.9 Å². The highest BCUT2D eigenvalue weighted by Crippen LogP contribution is 2.44. The van der Waals surface area contributed by atoms with E-state index in [1.165, 1.54) is 18.0 Å². The Morgan fingerprint density at radius 1 is 0.779 bits per heavy atom. The molecule has 2 aliphatic rings. The molecule has 2 amide bonds. The Morgan fingerprint density at radius 3 is 1.96 bits per heavy atom. The summed E-state index contributed by atoms with van der Waals surface area (Å²) >= 11 is 1.22. The largest absolute Gasteiger partial charge is 0.455 e. The van der Waals surface area contributed by atoms with Gasteiger partial charge in [0.15, 0.2) is 18.3 Å². The monoisotopic (exact) mass is 977 g/mol. The number of aromatic nitrogens is 3. The van der Waals surface area contributed by atoms with Crippen molar-refractivity contribution in [2.24, 2.45) is 0 Å². The Hall–Kier alpha value is -6.82. The topological polar surface area (TPSA) is 213 Å². The molecular weight excluding hydrogens is 934 g/mol. The Balaban J connectivity index is 1.10. The van der Waals surface area contributed by atoms with Crippen molar-refractivity contribution in [2.45, 2.75) is 76.3 Å². The summed E-state index contributed by atoms with van der Waals surface area (Å²) in [6.45, 7) is 2.91. The molecule has 364 valence electrons. The molecule has 1 saturated heterocycles. The van der Waals surface area contributed by atoms with E-state index >= 15 is 0 Å². The van der Waals surface area contributed by atoms with Gasteiger partial charge in [-0.05, 0) is 33.2 Å². The highest BCUT2D eigenvalue weighted by atomic mass is 32.2. The number of alkyl carbamates (subject to hydrolysis) is 1. The van der Waals surface area contributed by atoms with E-state index < -0.39 is 120 Å². The van der Waals surface area contributed by atoms with Crippen LogP contribution in [-0.2, 0) is 54.1 Å². The number of nitrogens with one attached hydrogen (secondary N) is 1. The minimum absolute atomic E-state index is 0.0502. The van der Waals surface area contributed by atoms with Crippen molar-refractivity contribution in [3.63, 3.8) is 0 Å². The number of fused-ring (bicyclic) bond motifs is 3. The Bertz CT molecular complexity index is 2460. The number of carbonyl (C=O) groups is 6. The lowest BCUT2D eigenvalue weighted by Gasteiger charge is -2.44. The van der Waals surface area contributed by atoms with Crippen LogP contribution in [-0.4, -0.2) is 124 Å². The summed E-state index contributed by atoms with van der Waals surface area (Å²) in [4.78, 5) is 83.1. The second kappa shape index (κ2) is 22.8. The van der Waals surface area contributed by atoms with Crippen molar-refractivity contribution < 1.29 is 84.0 Å². The molecule has 0 unspecified atom stereocenters. The summed E-state index contributed by atoms with van der Waals surface area (Å²) in [6.07, 6.45) is -5.11. The number of nitrogens with zero attached hydrogens (tertiary/aromatic N) is 4. The Morgan fingerprint density at radius 2 is 1.35 bits per heavy atom. The molecule has 4 aromatic rings. The number of hydrogen-bond donors (Lipinski definition) is 1. The van der Waals surface area contributed by atoms with Gasteiger partial charge >= 0.3 is 30.0 Å². The summed E-state index contributed by atoms with van der Waals surface area (Å²) in [5.41, 5.74) is 3.15. The molecule has 1 fully saturated rings. The van der Waals surface area contributed by atoms with Crippen molar-refractivity contribution in [1.29, 1.82) is 0 Å². The molecule has 0 saturated carbocycles. The highest BCUT2D eigenvalue weighted by molar-refractivity contribution is 7.99. The third-order valence-electron chi connectivity index (χ3n) is 10.4. The van der Waals surface area contributed by atoms with Gasteiger partial charge in [-0.2, -0.15) is 8.78 Å². The van der Waals surface area contributed by atoms with Crippen molar-refractivity contribution >= 4 is 47.6 Å². The maximum Gasteiger partial charge on any atom is 0.407 e. The summed E-state index contributed by atoms with van der Waals surface area (Å²) in [6, 6.07) is 15.3. The van der Waals surface area contributed by atoms with E-state index in [2.05, 4.69) is 20.4 Å². The molecule has 2 heterocycles. The first-order valence-electron chi connectivity index (χ1n) is 20.9. The third kappa shape index (κ3) is 12.2. The van der Waals surface area contributed by atoms with Crippen LogP contribution in [0.5, 0.6) is 5.75 Å². The van der Waals surface area contributed by atoms with Crippen LogP contribution in [0.15, 0.2) is 54.7 Å². The molecular formula is C44H44F5N5O13S. The molecule has 5 atom stereocenters. The van der Waals surface area contributed by atoms with E-state index in [1.807, 2.05) is 48.5 Å². The summed E-state index contributed by atoms with van der Waals surface area (Å²) < 4.78 is 103. The molecule has 0 bridgehead atoms. The summed E-state index contributed by atoms with van der Waals surface area (Å²) in [5, 5.41) is 10.3. The number of hydrogen-bond acceptors (Lipinski definition) is 16. The van der Waals surface area contributed by atoms with Crippen molar-refractivity contribution in [2.75, 3.05) is 38.6 Å². The molecule has 68 heavy (non-hydrogen) atoms. The number of amides is 2. The smallest absolute Gasteiger partial charge is 0.407 e. The normalized spacial score (nSPS) is 18.4. The molecule has 1 N–H and O–H groups in total. The van der Waals surface area contributed by atoms with Crippen LogP contribution in [0.3, 0.4) is 0 Å². The number of ether oxygens (including phenoxy) is 6. The van der Waals surface area contributed by atoms with E-state index in [0.29, 0.717) is 5.75 Å². The number of aryl methyl sites for hydroxylation is 1. The second-order valence-corrected chi connectivity index (χ2v) is 16.4. The molecule has 3 aromatic carbocycles. The van der Waals surface area contributed by atoms with Crippen molar-refractivity contribution in [1.82, 2.24) is 25.4 Å². The molecule has 1 aromatic heterocycles. The first-order valence-corrected chi connectivity index (χ1v) is 21.9. The van der Waals surface area contributed by atoms with Gasteiger partial charge in [-0.3, -0.25) is 19.2 Å². The van der Waals surface area contributed by atoms with Gasteiger partial charge < -0.3 is 43.5 Å². The predicted molar refractivity (Wildman–Crippen MR) is 225 cm³/mol. The molecule has 24 heteroatoms. The van der Waals surface area contributed by atoms with Crippen molar-refractivity contribution in [3.8, 4) is 16.9 Å². The fourth-order valence-electron chi connectivity index (χ4n) is 7.50. The molecule has 18 nitrogen and oxygen atoms in total. The van der Waals surface area contributed by atoms with E-state index in [1.54, 1.807) is 6.92 Å². The lowest BCUT2D eigenvalue weighted by atomic mass is 9.98. The zero-order valence-electron chi connectivity index (χ0n) is 36.7. The maximum atomic E-state index is 14.4. The number of halogens is 5. The minimum Gasteiger partial charge on any atom is -0.455 e. The SMILES string of the molecule is CCS[C@@H]1O[C@H](COn2cc(CCC(=O)N(CCNC(=O)OCC3c4ccccc4-c4ccccc43)CC(=O)Oc3c(F)c(F)c(F)c(F)c3F)nn2)[C@H](OC(C)=O)[C@H](OC(C)=O)[C@H]1OC(C)=O. The van der Waals surface area contributed by atoms with Gasteiger partial charge in [-0.1, -0.05) is 60.3 Å². The first kappa shape index (κ1) is 50.6. The quantitative estimate of drug-likeness (QED) is 0.0340. The van der Waals surface area contributed by atoms with Gasteiger partial charge in [0.05, 0.1) is 11.9 Å². The van der Waals surface area contributed by atoms with Gasteiger partial charge in [0.25, 0.3) is 0 Å². The zero-order chi connectivity index (χ0) is 49.2. The lowest BCUT2D eigenvalue weighted by Crippen LogP contribution is -2.62. The standard InChI is InChI=1S/C44H44F5N5O13S/c1-5-68-43-42(65-24(4)57)41(64-23(3)56)39(63-22(2)55)31(66-43)21-62-54-18-25(51-52-54)14-15-32(58)53(19-33(59)67-40-37(48)35(46)34(45)36(47)38(40)49)17-16-50-44(60)61-20-30-28-12-8-6-10-26(28)27-11-7-9-13-29(27)30/h6-13,18,30-31,39,41-43H,5,14-17,19-21H2,1-4H3,(H,50,60)/t31-,39+,41+,42-,43+/m1/s1. The summed E-state index contributed by atoms with van der Waals surface area (Å²) in [7, 11) is 0. The Kier molecular flexibility index (Phi) is 17.0. The minimum atomic E-state index is -2.48. The molecule has 6 rings (SSSR count). The van der Waals surface area contributed by atoms with Crippen LogP contribution in [0.25, 0.3) is 11.1 Å². The van der Waals surface area contributed by atoms with E-state index in [-0.39, 0.29) is 37.8 Å².